The highest BCUT2D eigenvalue weighted by Gasteiger charge is 2.24. The Bertz CT molecular complexity index is 504. The number of carbonyl (C=O) groups is 1. The van der Waals surface area contributed by atoms with E-state index in [1.54, 1.807) is 20.8 Å². The summed E-state index contributed by atoms with van der Waals surface area (Å²) in [7, 11) is 0. The zero-order chi connectivity index (χ0) is 16.2. The number of aliphatic hydroxyl groups excluding tert-OH is 2. The second-order valence-corrected chi connectivity index (χ2v) is 5.92. The first-order chi connectivity index (χ1) is 9.61. The van der Waals surface area contributed by atoms with Crippen LogP contribution in [0.5, 0.6) is 0 Å². The molecule has 7 heteroatoms. The lowest BCUT2D eigenvalue weighted by Crippen LogP contribution is -2.38. The Balaban J connectivity index is 2.61. The lowest BCUT2D eigenvalue weighted by Gasteiger charge is -2.22. The van der Waals surface area contributed by atoms with Gasteiger partial charge in [-0.25, -0.2) is 9.18 Å². The van der Waals surface area contributed by atoms with Crippen LogP contribution in [0.2, 0.25) is 5.02 Å². The lowest BCUT2D eigenvalue weighted by atomic mass is 10.0. The number of carbonyl (C=O) groups excluding carboxylic acids is 1. The van der Waals surface area contributed by atoms with Crippen LogP contribution in [-0.4, -0.2) is 34.6 Å². The van der Waals surface area contributed by atoms with Gasteiger partial charge in [-0.3, -0.25) is 0 Å². The van der Waals surface area contributed by atoms with Crippen LogP contribution in [0.25, 0.3) is 0 Å². The van der Waals surface area contributed by atoms with Crippen molar-refractivity contribution >= 4 is 17.7 Å². The van der Waals surface area contributed by atoms with E-state index < -0.39 is 29.7 Å². The molecule has 1 amide bonds. The first-order valence-corrected chi connectivity index (χ1v) is 6.76. The first kappa shape index (κ1) is 17.7. The monoisotopic (exact) mass is 319 g/mol. The number of halogens is 2. The minimum Gasteiger partial charge on any atom is -0.444 e. The quantitative estimate of drug-likeness (QED) is 0.796. The molecule has 0 aliphatic heterocycles. The predicted octanol–water partition coefficient (Wildman–Crippen LogP) is 2.40. The Morgan fingerprint density at radius 2 is 2.05 bits per heavy atom. The van der Waals surface area contributed by atoms with Gasteiger partial charge in [0.1, 0.15) is 23.6 Å². The van der Waals surface area contributed by atoms with E-state index in [1.165, 1.54) is 12.1 Å². The van der Waals surface area contributed by atoms with E-state index in [-0.39, 0.29) is 17.1 Å². The molecule has 1 aromatic rings. The molecule has 0 heterocycles. The van der Waals surface area contributed by atoms with E-state index in [2.05, 4.69) is 5.32 Å². The summed E-state index contributed by atoms with van der Waals surface area (Å²) in [6, 6.07) is 3.91. The number of alkyl carbamates (subject to hydrolysis) is 1. The molecule has 1 aromatic carbocycles. The van der Waals surface area contributed by atoms with Gasteiger partial charge in [0.05, 0.1) is 5.02 Å². The Hall–Kier alpha value is -1.37. The highest BCUT2D eigenvalue weighted by Crippen LogP contribution is 2.27. The minimum absolute atomic E-state index is 0.0511. The number of nitrogens with one attached hydrogen (secondary N) is 1. The lowest BCUT2D eigenvalue weighted by molar-refractivity contribution is 0.0128. The number of hydrogen-bond acceptors (Lipinski definition) is 4. The summed E-state index contributed by atoms with van der Waals surface area (Å²) < 4.78 is 18.3. The maximum Gasteiger partial charge on any atom is 0.407 e. The molecule has 2 unspecified atom stereocenters. The zero-order valence-electron chi connectivity index (χ0n) is 12.1. The van der Waals surface area contributed by atoms with E-state index in [0.717, 1.165) is 6.07 Å². The van der Waals surface area contributed by atoms with Crippen LogP contribution in [-0.2, 0) is 4.74 Å². The molecule has 1 rings (SSSR count). The fraction of sp³-hybridized carbons (Fsp3) is 0.500. The summed E-state index contributed by atoms with van der Waals surface area (Å²) >= 11 is 5.72. The SMILES string of the molecule is CC(C)(C)OC(=O)NCC(O)C(O)c1cccc(F)c1Cl. The molecule has 0 aliphatic carbocycles. The Morgan fingerprint density at radius 1 is 1.43 bits per heavy atom. The number of rotatable bonds is 4. The van der Waals surface area contributed by atoms with Gasteiger partial charge in [0.15, 0.2) is 0 Å². The van der Waals surface area contributed by atoms with Crippen LogP contribution < -0.4 is 5.32 Å². The molecule has 0 aromatic heterocycles. The van der Waals surface area contributed by atoms with E-state index in [4.69, 9.17) is 16.3 Å². The Morgan fingerprint density at radius 3 is 2.62 bits per heavy atom. The smallest absolute Gasteiger partial charge is 0.407 e. The zero-order valence-corrected chi connectivity index (χ0v) is 12.8. The van der Waals surface area contributed by atoms with Crippen molar-refractivity contribution in [3.63, 3.8) is 0 Å². The second-order valence-electron chi connectivity index (χ2n) is 5.54. The van der Waals surface area contributed by atoms with E-state index in [9.17, 15) is 19.4 Å². The summed E-state index contributed by atoms with van der Waals surface area (Å²) in [6.07, 6.45) is -3.50. The Kier molecular flexibility index (Phi) is 5.95. The molecular weight excluding hydrogens is 301 g/mol. The summed E-state index contributed by atoms with van der Waals surface area (Å²) in [4.78, 5) is 11.4. The average Bonchev–Trinajstić information content (AvgIpc) is 2.36. The maximum absolute atomic E-state index is 13.3. The minimum atomic E-state index is -1.43. The molecule has 0 spiro atoms. The molecule has 0 fully saturated rings. The highest BCUT2D eigenvalue weighted by molar-refractivity contribution is 6.31. The average molecular weight is 320 g/mol. The van der Waals surface area contributed by atoms with Gasteiger partial charge in [-0.15, -0.1) is 0 Å². The third-order valence-corrected chi connectivity index (χ3v) is 2.92. The van der Waals surface area contributed by atoms with Crippen LogP contribution in [0.3, 0.4) is 0 Å². The largest absolute Gasteiger partial charge is 0.444 e. The second kappa shape index (κ2) is 7.06. The van der Waals surface area contributed by atoms with E-state index in [0.29, 0.717) is 0 Å². The van der Waals surface area contributed by atoms with Crippen LogP contribution >= 0.6 is 11.6 Å². The van der Waals surface area contributed by atoms with Crippen molar-refractivity contribution < 1.29 is 24.1 Å². The van der Waals surface area contributed by atoms with Crippen molar-refractivity contribution in [2.45, 2.75) is 38.6 Å². The van der Waals surface area contributed by atoms with Crippen LogP contribution in [0.4, 0.5) is 9.18 Å². The summed E-state index contributed by atoms with van der Waals surface area (Å²) in [5.74, 6) is -0.694. The van der Waals surface area contributed by atoms with Crippen molar-refractivity contribution in [3.8, 4) is 0 Å². The van der Waals surface area contributed by atoms with Crippen molar-refractivity contribution in [2.24, 2.45) is 0 Å². The van der Waals surface area contributed by atoms with Gasteiger partial charge >= 0.3 is 6.09 Å². The van der Waals surface area contributed by atoms with Gasteiger partial charge in [0.2, 0.25) is 0 Å². The van der Waals surface area contributed by atoms with E-state index >= 15 is 0 Å². The third kappa shape index (κ3) is 5.49. The number of aliphatic hydroxyl groups is 2. The molecule has 5 nitrogen and oxygen atoms in total. The summed E-state index contributed by atoms with van der Waals surface area (Å²) in [5.41, 5.74) is -0.616. The molecule has 2 atom stereocenters. The van der Waals surface area contributed by atoms with Crippen molar-refractivity contribution in [1.82, 2.24) is 5.32 Å². The van der Waals surface area contributed by atoms with E-state index in [1.807, 2.05) is 0 Å². The predicted molar refractivity (Wildman–Crippen MR) is 76.6 cm³/mol. The molecule has 0 saturated carbocycles. The van der Waals surface area contributed by atoms with Gasteiger partial charge in [-0.05, 0) is 26.8 Å². The number of ether oxygens (including phenoxy) is 1. The molecule has 0 saturated heterocycles. The topological polar surface area (TPSA) is 78.8 Å². The van der Waals surface area contributed by atoms with Crippen LogP contribution in [0, 0.1) is 5.82 Å². The molecule has 3 N–H and O–H groups in total. The number of amides is 1. The maximum atomic E-state index is 13.3. The molecule has 118 valence electrons. The molecule has 0 radical (unpaired) electrons. The van der Waals surface area contributed by atoms with Gasteiger partial charge in [0, 0.05) is 12.1 Å². The fourth-order valence-electron chi connectivity index (χ4n) is 1.57. The third-order valence-electron chi connectivity index (χ3n) is 2.52. The van der Waals surface area contributed by atoms with Crippen molar-refractivity contribution in [1.29, 1.82) is 0 Å². The van der Waals surface area contributed by atoms with Crippen LogP contribution in [0.1, 0.15) is 32.4 Å². The van der Waals surface area contributed by atoms with Gasteiger partial charge in [-0.2, -0.15) is 0 Å². The van der Waals surface area contributed by atoms with Crippen molar-refractivity contribution in [2.75, 3.05) is 6.54 Å². The standard InChI is InChI=1S/C14H19ClFNO4/c1-14(2,3)21-13(20)17-7-10(18)12(19)8-5-4-6-9(16)11(8)15/h4-6,10,12,18-19H,7H2,1-3H3,(H,17,20). The normalized spacial score (nSPS) is 14.4. The van der Waals surface area contributed by atoms with Gasteiger partial charge < -0.3 is 20.3 Å². The molecular formula is C14H19ClFNO4. The molecule has 0 bridgehead atoms. The molecule has 0 aliphatic rings. The first-order valence-electron chi connectivity index (χ1n) is 6.38. The van der Waals surface area contributed by atoms with Crippen molar-refractivity contribution in [3.05, 3.63) is 34.6 Å². The van der Waals surface area contributed by atoms with Gasteiger partial charge in [0.25, 0.3) is 0 Å². The summed E-state index contributed by atoms with van der Waals surface area (Å²) in [5, 5.41) is 21.8. The summed E-state index contributed by atoms with van der Waals surface area (Å²) in [6.45, 7) is 4.84. The molecule has 21 heavy (non-hydrogen) atoms. The number of benzene rings is 1. The van der Waals surface area contributed by atoms with Crippen LogP contribution in [0.15, 0.2) is 18.2 Å². The number of hydrogen-bond donors (Lipinski definition) is 3. The fourth-order valence-corrected chi connectivity index (χ4v) is 1.81. The highest BCUT2D eigenvalue weighted by atomic mass is 35.5. The van der Waals surface area contributed by atoms with Gasteiger partial charge in [-0.1, -0.05) is 23.7 Å². The Labute approximate surface area is 127 Å².